The summed E-state index contributed by atoms with van der Waals surface area (Å²) in [6.07, 6.45) is -2.08. The molecule has 1 saturated heterocycles. The number of aliphatic carboxylic acids is 1. The van der Waals surface area contributed by atoms with Gasteiger partial charge in [-0.05, 0) is 32.7 Å². The van der Waals surface area contributed by atoms with E-state index >= 15 is 0 Å². The van der Waals surface area contributed by atoms with E-state index in [4.69, 9.17) is 14.9 Å². The van der Waals surface area contributed by atoms with Crippen molar-refractivity contribution in [3.63, 3.8) is 0 Å². The Morgan fingerprint density at radius 2 is 1.96 bits per heavy atom. The lowest BCUT2D eigenvalue weighted by Gasteiger charge is -2.27. The molecule has 1 aliphatic carbocycles. The van der Waals surface area contributed by atoms with Gasteiger partial charge in [0, 0.05) is 32.0 Å². The molecule has 142 valence electrons. The zero-order valence-corrected chi connectivity index (χ0v) is 14.6. The minimum absolute atomic E-state index is 0.282. The number of halogens is 3. The molecule has 3 aliphatic rings. The van der Waals surface area contributed by atoms with Gasteiger partial charge < -0.3 is 10.0 Å². The minimum Gasteiger partial charge on any atom is -0.475 e. The van der Waals surface area contributed by atoms with Gasteiger partial charge in [-0.3, -0.25) is 14.7 Å². The summed E-state index contributed by atoms with van der Waals surface area (Å²) < 4.78 is 31.7. The topological polar surface area (TPSA) is 73.2 Å². The number of alkyl halides is 3. The molecule has 0 aromatic carbocycles. The highest BCUT2D eigenvalue weighted by Gasteiger charge is 2.60. The van der Waals surface area contributed by atoms with Crippen molar-refractivity contribution in [3.8, 4) is 0 Å². The molecule has 0 aromatic heterocycles. The molecule has 1 N–H and O–H groups in total. The number of carboxylic acids is 1. The normalized spacial score (nSPS) is 31.8. The van der Waals surface area contributed by atoms with Crippen LogP contribution in [0.4, 0.5) is 13.2 Å². The van der Waals surface area contributed by atoms with Gasteiger partial charge in [0.15, 0.2) is 0 Å². The van der Waals surface area contributed by atoms with E-state index in [0.717, 1.165) is 38.3 Å². The Kier molecular flexibility index (Phi) is 5.46. The van der Waals surface area contributed by atoms with Crippen molar-refractivity contribution in [2.75, 3.05) is 26.7 Å². The first-order valence-electron chi connectivity index (χ1n) is 8.46. The second-order valence-electron chi connectivity index (χ2n) is 6.78. The van der Waals surface area contributed by atoms with E-state index in [1.165, 1.54) is 6.42 Å². The van der Waals surface area contributed by atoms with Crippen molar-refractivity contribution in [2.24, 2.45) is 16.8 Å². The summed E-state index contributed by atoms with van der Waals surface area (Å²) in [5, 5.41) is 7.12. The third-order valence-corrected chi connectivity index (χ3v) is 5.26. The maximum atomic E-state index is 12.8. The molecule has 0 bridgehead atoms. The second-order valence-corrected chi connectivity index (χ2v) is 6.78. The summed E-state index contributed by atoms with van der Waals surface area (Å²) in [6.45, 7) is 7.09. The van der Waals surface area contributed by atoms with Crippen LogP contribution in [0.2, 0.25) is 0 Å². The SMILES string of the molecule is CCC1=N[C@@]2(CC[C@@H]3CN(C)C[C@@H]32)C(=O)N1CC.O=C(O)C(F)(F)F. The zero-order valence-electron chi connectivity index (χ0n) is 14.6. The van der Waals surface area contributed by atoms with Crippen molar-refractivity contribution < 1.29 is 27.9 Å². The molecule has 3 atom stereocenters. The van der Waals surface area contributed by atoms with Crippen molar-refractivity contribution in [1.82, 2.24) is 9.80 Å². The number of hydrogen-bond donors (Lipinski definition) is 1. The molecule has 2 heterocycles. The molecule has 0 unspecified atom stereocenters. The molecule has 1 amide bonds. The molecule has 2 aliphatic heterocycles. The van der Waals surface area contributed by atoms with E-state index in [9.17, 15) is 18.0 Å². The van der Waals surface area contributed by atoms with Crippen LogP contribution in [0.25, 0.3) is 0 Å². The lowest BCUT2D eigenvalue weighted by molar-refractivity contribution is -0.192. The van der Waals surface area contributed by atoms with Crippen molar-refractivity contribution >= 4 is 17.7 Å². The maximum Gasteiger partial charge on any atom is 0.490 e. The number of hydrogen-bond acceptors (Lipinski definition) is 4. The van der Waals surface area contributed by atoms with Crippen LogP contribution in [0.5, 0.6) is 0 Å². The smallest absolute Gasteiger partial charge is 0.475 e. The number of fused-ring (bicyclic) bond motifs is 2. The number of aliphatic imine (C=N–C) groups is 1. The highest BCUT2D eigenvalue weighted by atomic mass is 19.4. The van der Waals surface area contributed by atoms with Crippen LogP contribution in [0, 0.1) is 11.8 Å². The number of nitrogens with zero attached hydrogens (tertiary/aromatic N) is 3. The Morgan fingerprint density at radius 3 is 2.40 bits per heavy atom. The number of carbonyl (C=O) groups excluding carboxylic acids is 1. The number of amidine groups is 1. The van der Waals surface area contributed by atoms with Gasteiger partial charge in [-0.15, -0.1) is 0 Å². The first kappa shape index (κ1) is 19.7. The van der Waals surface area contributed by atoms with Gasteiger partial charge in [-0.1, -0.05) is 6.92 Å². The van der Waals surface area contributed by atoms with Crippen LogP contribution in [0.1, 0.15) is 33.1 Å². The zero-order chi connectivity index (χ0) is 19.0. The Bertz CT molecular complexity index is 579. The molecule has 0 aromatic rings. The number of carboxylic acid groups (broad SMARTS) is 1. The predicted molar refractivity (Wildman–Crippen MR) is 85.2 cm³/mol. The number of likely N-dealkylation sites (tertiary alicyclic amines) is 1. The second kappa shape index (κ2) is 6.93. The van der Waals surface area contributed by atoms with Crippen LogP contribution in [-0.2, 0) is 9.59 Å². The molecular weight excluding hydrogens is 339 g/mol. The molecule has 1 saturated carbocycles. The Hall–Kier alpha value is -1.64. The highest BCUT2D eigenvalue weighted by molar-refractivity contribution is 6.08. The van der Waals surface area contributed by atoms with Crippen LogP contribution in [0.3, 0.4) is 0 Å². The first-order valence-corrected chi connectivity index (χ1v) is 8.46. The van der Waals surface area contributed by atoms with E-state index in [0.29, 0.717) is 11.8 Å². The molecule has 9 heteroatoms. The maximum absolute atomic E-state index is 12.8. The number of carbonyl (C=O) groups is 2. The van der Waals surface area contributed by atoms with Gasteiger partial charge in [0.05, 0.1) is 0 Å². The fraction of sp³-hybridized carbons (Fsp3) is 0.812. The monoisotopic (exact) mass is 363 g/mol. The van der Waals surface area contributed by atoms with Gasteiger partial charge in [0.2, 0.25) is 0 Å². The van der Waals surface area contributed by atoms with Gasteiger partial charge in [0.25, 0.3) is 5.91 Å². The molecular formula is C16H24F3N3O3. The van der Waals surface area contributed by atoms with Crippen molar-refractivity contribution in [3.05, 3.63) is 0 Å². The molecule has 1 spiro atoms. The summed E-state index contributed by atoms with van der Waals surface area (Å²) >= 11 is 0. The first-order chi connectivity index (χ1) is 11.6. The van der Waals surface area contributed by atoms with Crippen molar-refractivity contribution in [2.45, 2.75) is 44.8 Å². The lowest BCUT2D eigenvalue weighted by atomic mass is 9.85. The Balaban J connectivity index is 0.000000277. The summed E-state index contributed by atoms with van der Waals surface area (Å²) in [4.78, 5) is 30.9. The van der Waals surface area contributed by atoms with Gasteiger partial charge in [0.1, 0.15) is 11.4 Å². The largest absolute Gasteiger partial charge is 0.490 e. The number of rotatable bonds is 2. The standard InChI is InChI=1S/C14H23N3O.C2HF3O2/c1-4-12-15-14(13(18)17(12)5-2)7-6-10-8-16(3)9-11(10)14;3-2(4,5)1(6)7/h10-11H,4-9H2,1-3H3;(H,6,7)/t10-,11+,14-;/m1./s1. The van der Waals surface area contributed by atoms with Gasteiger partial charge >= 0.3 is 12.1 Å². The van der Waals surface area contributed by atoms with E-state index in [1.807, 2.05) is 4.90 Å². The van der Waals surface area contributed by atoms with Crippen LogP contribution in [-0.4, -0.2) is 71.0 Å². The van der Waals surface area contributed by atoms with E-state index in [1.54, 1.807) is 0 Å². The quantitative estimate of drug-likeness (QED) is 0.814. The third-order valence-electron chi connectivity index (χ3n) is 5.26. The molecule has 0 radical (unpaired) electrons. The van der Waals surface area contributed by atoms with E-state index in [2.05, 4.69) is 25.8 Å². The predicted octanol–water partition coefficient (Wildman–Crippen LogP) is 2.00. The molecule has 25 heavy (non-hydrogen) atoms. The van der Waals surface area contributed by atoms with Gasteiger partial charge in [-0.2, -0.15) is 13.2 Å². The molecule has 3 rings (SSSR count). The van der Waals surface area contributed by atoms with E-state index < -0.39 is 17.7 Å². The Labute approximate surface area is 144 Å². The van der Waals surface area contributed by atoms with Crippen LogP contribution in [0.15, 0.2) is 4.99 Å². The van der Waals surface area contributed by atoms with Crippen LogP contribution >= 0.6 is 0 Å². The summed E-state index contributed by atoms with van der Waals surface area (Å²) in [5.74, 6) is -0.333. The summed E-state index contributed by atoms with van der Waals surface area (Å²) in [5.41, 5.74) is -0.392. The third kappa shape index (κ3) is 3.51. The van der Waals surface area contributed by atoms with Crippen LogP contribution < -0.4 is 0 Å². The summed E-state index contributed by atoms with van der Waals surface area (Å²) in [7, 11) is 2.16. The fourth-order valence-corrected chi connectivity index (χ4v) is 4.20. The highest BCUT2D eigenvalue weighted by Crippen LogP contribution is 2.50. The number of likely N-dealkylation sites (N-methyl/N-ethyl adjacent to an activating group) is 1. The molecule has 6 nitrogen and oxygen atoms in total. The fourth-order valence-electron chi connectivity index (χ4n) is 4.20. The molecule has 2 fully saturated rings. The minimum atomic E-state index is -5.08. The lowest BCUT2D eigenvalue weighted by Crippen LogP contribution is -2.46. The summed E-state index contributed by atoms with van der Waals surface area (Å²) in [6, 6.07) is 0. The Morgan fingerprint density at radius 1 is 1.36 bits per heavy atom. The average Bonchev–Trinajstić information content (AvgIpc) is 3.13. The average molecular weight is 363 g/mol. The number of amides is 1. The van der Waals surface area contributed by atoms with E-state index in [-0.39, 0.29) is 5.91 Å². The van der Waals surface area contributed by atoms with Crippen molar-refractivity contribution in [1.29, 1.82) is 0 Å². The van der Waals surface area contributed by atoms with Gasteiger partial charge in [-0.25, -0.2) is 4.79 Å².